The van der Waals surface area contributed by atoms with Crippen molar-refractivity contribution in [2.24, 2.45) is 0 Å². The van der Waals surface area contributed by atoms with Gasteiger partial charge < -0.3 is 14.4 Å². The second-order valence-corrected chi connectivity index (χ2v) is 16.0. The fourth-order valence-electron chi connectivity index (χ4n) is 10.3. The van der Waals surface area contributed by atoms with Crippen LogP contribution in [-0.4, -0.2) is 6.71 Å². The number of benzene rings is 8. The zero-order valence-corrected chi connectivity index (χ0v) is 30.9. The SMILES string of the molecule is c1ccc2c(c1)Oc1cc(-c3ccc(N4c5ccccc5C5(c6ccccc6-c6ccccc65)c5ccccc54)c4ccsc34)cc3c1B2c1ccccc1O3. The Morgan fingerprint density at radius 3 is 1.57 bits per heavy atom. The van der Waals surface area contributed by atoms with Gasteiger partial charge in [0.25, 0.3) is 6.71 Å². The monoisotopic (exact) mass is 731 g/mol. The molecule has 13 rings (SSSR count). The highest BCUT2D eigenvalue weighted by Gasteiger charge is 2.51. The fraction of sp³-hybridized carbons (Fsp3) is 0.0196. The molecule has 0 N–H and O–H groups in total. The van der Waals surface area contributed by atoms with Crippen molar-refractivity contribution in [1.82, 2.24) is 0 Å². The Morgan fingerprint density at radius 1 is 0.446 bits per heavy atom. The zero-order chi connectivity index (χ0) is 36.5. The third-order valence-electron chi connectivity index (χ3n) is 12.5. The number of thiophene rings is 1. The van der Waals surface area contributed by atoms with Crippen LogP contribution in [0.1, 0.15) is 22.3 Å². The van der Waals surface area contributed by atoms with Gasteiger partial charge in [0.2, 0.25) is 0 Å². The van der Waals surface area contributed by atoms with Crippen molar-refractivity contribution < 1.29 is 9.47 Å². The maximum atomic E-state index is 6.70. The van der Waals surface area contributed by atoms with Gasteiger partial charge in [-0.1, -0.05) is 127 Å². The molecule has 0 bridgehead atoms. The number of ether oxygens (including phenoxy) is 2. The van der Waals surface area contributed by atoms with Gasteiger partial charge in [-0.2, -0.15) is 0 Å². The van der Waals surface area contributed by atoms with Crippen LogP contribution in [0.2, 0.25) is 0 Å². The van der Waals surface area contributed by atoms with Gasteiger partial charge in [0.05, 0.1) is 22.5 Å². The summed E-state index contributed by atoms with van der Waals surface area (Å²) in [5.74, 6) is 3.50. The largest absolute Gasteiger partial charge is 0.458 e. The van der Waals surface area contributed by atoms with E-state index in [0.29, 0.717) is 0 Å². The summed E-state index contributed by atoms with van der Waals surface area (Å²) in [7, 11) is 0. The van der Waals surface area contributed by atoms with E-state index < -0.39 is 5.41 Å². The van der Waals surface area contributed by atoms with Gasteiger partial charge in [0, 0.05) is 15.5 Å². The Labute approximate surface area is 328 Å². The molecule has 1 spiro atoms. The molecule has 0 fully saturated rings. The normalized spacial score (nSPS) is 14.4. The second kappa shape index (κ2) is 11.1. The van der Waals surface area contributed by atoms with E-state index in [1.54, 1.807) is 11.3 Å². The maximum Gasteiger partial charge on any atom is 0.260 e. The van der Waals surface area contributed by atoms with Crippen molar-refractivity contribution in [3.05, 3.63) is 204 Å². The summed E-state index contributed by atoms with van der Waals surface area (Å²) in [6, 6.07) is 64.2. The lowest BCUT2D eigenvalue weighted by Crippen LogP contribution is -2.57. The van der Waals surface area contributed by atoms with Gasteiger partial charge in [-0.05, 0) is 109 Å². The van der Waals surface area contributed by atoms with Crippen molar-refractivity contribution in [2.75, 3.05) is 4.90 Å². The number of hydrogen-bond donors (Lipinski definition) is 0. The van der Waals surface area contributed by atoms with Crippen LogP contribution in [0.4, 0.5) is 17.1 Å². The molecule has 0 atom stereocenters. The summed E-state index contributed by atoms with van der Waals surface area (Å²) < 4.78 is 14.6. The molecular formula is C51H30BNO2S. The van der Waals surface area contributed by atoms with E-state index in [1.807, 2.05) is 0 Å². The Kier molecular flexibility index (Phi) is 6.06. The first-order valence-electron chi connectivity index (χ1n) is 19.2. The maximum absolute atomic E-state index is 6.70. The van der Waals surface area contributed by atoms with Crippen LogP contribution in [-0.2, 0) is 5.41 Å². The molecule has 5 heteroatoms. The van der Waals surface area contributed by atoms with Crippen molar-refractivity contribution in [3.63, 3.8) is 0 Å². The molecule has 260 valence electrons. The van der Waals surface area contributed by atoms with E-state index >= 15 is 0 Å². The average molecular weight is 732 g/mol. The number of rotatable bonds is 2. The van der Waals surface area contributed by atoms with E-state index in [0.717, 1.165) is 45.3 Å². The standard InChI is InChI=1S/C51H30BNO2S/c1-3-15-36-33(13-1)34-14-2-4-16-37(34)51(36)38-17-5-9-21-43(38)53(44-22-10-6-18-39(44)51)42-26-25-32(50-35(42)27-28-56-50)31-29-47-49-48(30-31)55-46-24-12-8-20-41(46)52(49)40-19-7-11-23-45(40)54-47/h1-30H. The Morgan fingerprint density at radius 2 is 0.964 bits per heavy atom. The topological polar surface area (TPSA) is 21.7 Å². The molecule has 0 radical (unpaired) electrons. The number of fused-ring (bicyclic) bond motifs is 14. The van der Waals surface area contributed by atoms with E-state index in [1.165, 1.54) is 65.8 Å². The Bertz CT molecular complexity index is 2980. The van der Waals surface area contributed by atoms with E-state index in [2.05, 4.69) is 186 Å². The summed E-state index contributed by atoms with van der Waals surface area (Å²) in [5, 5.41) is 3.43. The van der Waals surface area contributed by atoms with Crippen LogP contribution in [0, 0.1) is 0 Å². The van der Waals surface area contributed by atoms with Crippen LogP contribution in [0.3, 0.4) is 0 Å². The summed E-state index contributed by atoms with van der Waals surface area (Å²) in [4.78, 5) is 2.50. The third-order valence-corrected chi connectivity index (χ3v) is 13.4. The summed E-state index contributed by atoms with van der Waals surface area (Å²) in [6.07, 6.45) is 0. The molecule has 0 amide bonds. The van der Waals surface area contributed by atoms with Crippen LogP contribution in [0.15, 0.2) is 181 Å². The minimum Gasteiger partial charge on any atom is -0.458 e. The predicted molar refractivity (Wildman–Crippen MR) is 230 cm³/mol. The molecule has 3 aliphatic heterocycles. The molecule has 3 nitrogen and oxygen atoms in total. The molecule has 0 saturated heterocycles. The lowest BCUT2D eigenvalue weighted by atomic mass is 9.35. The number of para-hydroxylation sites is 4. The first-order valence-corrected chi connectivity index (χ1v) is 20.1. The second-order valence-electron chi connectivity index (χ2n) is 15.1. The molecule has 56 heavy (non-hydrogen) atoms. The van der Waals surface area contributed by atoms with Gasteiger partial charge in [-0.3, -0.25) is 0 Å². The lowest BCUT2D eigenvalue weighted by Gasteiger charge is -2.45. The molecule has 1 aromatic heterocycles. The van der Waals surface area contributed by atoms with Crippen molar-refractivity contribution in [2.45, 2.75) is 5.41 Å². The van der Waals surface area contributed by atoms with E-state index in [-0.39, 0.29) is 6.71 Å². The number of nitrogens with zero attached hydrogens (tertiary/aromatic N) is 1. The van der Waals surface area contributed by atoms with Crippen molar-refractivity contribution in [3.8, 4) is 45.3 Å². The average Bonchev–Trinajstić information content (AvgIpc) is 3.86. The van der Waals surface area contributed by atoms with E-state index in [9.17, 15) is 0 Å². The van der Waals surface area contributed by atoms with Crippen molar-refractivity contribution in [1.29, 1.82) is 0 Å². The highest BCUT2D eigenvalue weighted by atomic mass is 32.1. The van der Waals surface area contributed by atoms with Gasteiger partial charge >= 0.3 is 0 Å². The molecule has 8 aromatic carbocycles. The fourth-order valence-corrected chi connectivity index (χ4v) is 11.3. The number of anilines is 3. The first-order chi connectivity index (χ1) is 27.8. The third kappa shape index (κ3) is 3.83. The molecule has 4 heterocycles. The van der Waals surface area contributed by atoms with Gasteiger partial charge in [0.1, 0.15) is 23.0 Å². The summed E-state index contributed by atoms with van der Waals surface area (Å²) in [6.45, 7) is 0.0504. The minimum absolute atomic E-state index is 0.0504. The Balaban J connectivity index is 1.01. The summed E-state index contributed by atoms with van der Waals surface area (Å²) in [5.41, 5.74) is 16.7. The van der Waals surface area contributed by atoms with Crippen LogP contribution < -0.4 is 30.8 Å². The molecule has 0 saturated carbocycles. The van der Waals surface area contributed by atoms with Gasteiger partial charge in [-0.25, -0.2) is 0 Å². The predicted octanol–water partition coefficient (Wildman–Crippen LogP) is 11.4. The summed E-state index contributed by atoms with van der Waals surface area (Å²) >= 11 is 1.78. The molecule has 0 unspecified atom stereocenters. The van der Waals surface area contributed by atoms with Gasteiger partial charge in [0.15, 0.2) is 0 Å². The van der Waals surface area contributed by atoms with Crippen LogP contribution >= 0.6 is 11.3 Å². The lowest BCUT2D eigenvalue weighted by molar-refractivity contribution is 0.465. The molecule has 1 aliphatic carbocycles. The van der Waals surface area contributed by atoms with Gasteiger partial charge in [-0.15, -0.1) is 11.3 Å². The highest BCUT2D eigenvalue weighted by molar-refractivity contribution is 7.18. The van der Waals surface area contributed by atoms with Crippen LogP contribution in [0.5, 0.6) is 23.0 Å². The number of hydrogen-bond acceptors (Lipinski definition) is 4. The molecule has 4 aliphatic rings. The highest BCUT2D eigenvalue weighted by Crippen LogP contribution is 2.63. The van der Waals surface area contributed by atoms with Crippen LogP contribution in [0.25, 0.3) is 32.3 Å². The smallest absolute Gasteiger partial charge is 0.260 e. The quantitative estimate of drug-likeness (QED) is 0.165. The zero-order valence-electron chi connectivity index (χ0n) is 30.1. The van der Waals surface area contributed by atoms with E-state index in [4.69, 9.17) is 9.47 Å². The Hall–Kier alpha value is -6.82. The first kappa shape index (κ1) is 30.5. The molecule has 9 aromatic rings. The molecular weight excluding hydrogens is 701 g/mol. The minimum atomic E-state index is -0.440. The van der Waals surface area contributed by atoms with Crippen molar-refractivity contribution >= 4 is 61.6 Å².